The second-order valence-corrected chi connectivity index (χ2v) is 4.22. The highest BCUT2D eigenvalue weighted by Gasteiger charge is 2.23. The number of anilines is 1. The maximum Gasteiger partial charge on any atom is 0.239 e. The molecule has 4 heteroatoms. The zero-order valence-electron chi connectivity index (χ0n) is 9.44. The first-order valence-corrected chi connectivity index (χ1v) is 5.50. The molecular formula is C12H17N3O. The molecule has 0 saturated carbocycles. The van der Waals surface area contributed by atoms with Crippen LogP contribution in [0.15, 0.2) is 24.3 Å². The van der Waals surface area contributed by atoms with Crippen LogP contribution in [0.2, 0.25) is 0 Å². The van der Waals surface area contributed by atoms with Gasteiger partial charge < -0.3 is 16.0 Å². The zero-order chi connectivity index (χ0) is 11.5. The molecule has 1 aliphatic rings. The highest BCUT2D eigenvalue weighted by Crippen LogP contribution is 2.17. The van der Waals surface area contributed by atoms with Gasteiger partial charge in [-0.15, -0.1) is 0 Å². The number of carbonyl (C=O) groups excluding carboxylic acids is 1. The van der Waals surface area contributed by atoms with Crippen molar-refractivity contribution >= 4 is 11.6 Å². The number of piperazine rings is 1. The molecule has 1 unspecified atom stereocenters. The summed E-state index contributed by atoms with van der Waals surface area (Å²) in [6, 6.07) is 8.23. The monoisotopic (exact) mass is 219 g/mol. The fraction of sp³-hybridized carbons (Fsp3) is 0.417. The maximum absolute atomic E-state index is 11.5. The first-order chi connectivity index (χ1) is 7.69. The van der Waals surface area contributed by atoms with Crippen LogP contribution in [-0.2, 0) is 4.79 Å². The fourth-order valence-electron chi connectivity index (χ4n) is 1.98. The normalized spacial score (nSPS) is 20.8. The summed E-state index contributed by atoms with van der Waals surface area (Å²) in [6.07, 6.45) is 0. The van der Waals surface area contributed by atoms with Crippen LogP contribution in [0.1, 0.15) is 5.56 Å². The molecule has 86 valence electrons. The summed E-state index contributed by atoms with van der Waals surface area (Å²) in [5.41, 5.74) is 7.89. The summed E-state index contributed by atoms with van der Waals surface area (Å²) in [7, 11) is 0. The SMILES string of the molecule is Cc1cccc(N2CC(=O)NC(CN)C2)c1. The molecule has 16 heavy (non-hydrogen) atoms. The lowest BCUT2D eigenvalue weighted by atomic mass is 10.1. The van der Waals surface area contributed by atoms with Gasteiger partial charge in [-0.2, -0.15) is 0 Å². The zero-order valence-corrected chi connectivity index (χ0v) is 9.44. The molecule has 1 aliphatic heterocycles. The number of aryl methyl sites for hydroxylation is 1. The van der Waals surface area contributed by atoms with Crippen LogP contribution in [-0.4, -0.2) is 31.6 Å². The molecule has 1 heterocycles. The van der Waals surface area contributed by atoms with E-state index in [0.29, 0.717) is 13.1 Å². The summed E-state index contributed by atoms with van der Waals surface area (Å²) in [5, 5.41) is 2.87. The summed E-state index contributed by atoms with van der Waals surface area (Å²) in [5.74, 6) is 0.0446. The van der Waals surface area contributed by atoms with Crippen LogP contribution in [0.3, 0.4) is 0 Å². The molecule has 0 aromatic heterocycles. The highest BCUT2D eigenvalue weighted by atomic mass is 16.2. The Hall–Kier alpha value is -1.55. The van der Waals surface area contributed by atoms with Crippen LogP contribution in [0, 0.1) is 6.92 Å². The molecule has 0 spiro atoms. The van der Waals surface area contributed by atoms with Gasteiger partial charge in [-0.3, -0.25) is 4.79 Å². The smallest absolute Gasteiger partial charge is 0.239 e. The van der Waals surface area contributed by atoms with Gasteiger partial charge in [0.15, 0.2) is 0 Å². The standard InChI is InChI=1S/C12H17N3O/c1-9-3-2-4-11(5-9)15-7-10(6-13)14-12(16)8-15/h2-5,10H,6-8,13H2,1H3,(H,14,16). The lowest BCUT2D eigenvalue weighted by Crippen LogP contribution is -2.56. The summed E-state index contributed by atoms with van der Waals surface area (Å²) in [4.78, 5) is 13.6. The van der Waals surface area contributed by atoms with E-state index >= 15 is 0 Å². The minimum absolute atomic E-state index is 0.0446. The highest BCUT2D eigenvalue weighted by molar-refractivity contribution is 5.83. The Morgan fingerprint density at radius 3 is 3.06 bits per heavy atom. The van der Waals surface area contributed by atoms with Gasteiger partial charge in [0.2, 0.25) is 5.91 Å². The average molecular weight is 219 g/mol. The molecule has 0 bridgehead atoms. The van der Waals surface area contributed by atoms with Gasteiger partial charge in [-0.05, 0) is 24.6 Å². The molecule has 1 aromatic carbocycles. The van der Waals surface area contributed by atoms with Crippen LogP contribution in [0.25, 0.3) is 0 Å². The molecule has 1 fully saturated rings. The van der Waals surface area contributed by atoms with Gasteiger partial charge in [0, 0.05) is 18.8 Å². The van der Waals surface area contributed by atoms with Gasteiger partial charge in [-0.25, -0.2) is 0 Å². The molecule has 1 aromatic rings. The fourth-order valence-corrected chi connectivity index (χ4v) is 1.98. The molecule has 0 aliphatic carbocycles. The predicted molar refractivity (Wildman–Crippen MR) is 64.4 cm³/mol. The molecular weight excluding hydrogens is 202 g/mol. The van der Waals surface area contributed by atoms with Crippen molar-refractivity contribution in [1.29, 1.82) is 0 Å². The van der Waals surface area contributed by atoms with E-state index in [9.17, 15) is 4.79 Å². The molecule has 3 N–H and O–H groups in total. The average Bonchev–Trinajstić information content (AvgIpc) is 2.28. The van der Waals surface area contributed by atoms with E-state index in [1.807, 2.05) is 25.1 Å². The van der Waals surface area contributed by atoms with Gasteiger partial charge >= 0.3 is 0 Å². The number of benzene rings is 1. The molecule has 1 saturated heterocycles. The van der Waals surface area contributed by atoms with Crippen molar-refractivity contribution < 1.29 is 4.79 Å². The van der Waals surface area contributed by atoms with Crippen molar-refractivity contribution in [2.75, 3.05) is 24.5 Å². The van der Waals surface area contributed by atoms with E-state index in [-0.39, 0.29) is 11.9 Å². The van der Waals surface area contributed by atoms with Crippen molar-refractivity contribution in [3.8, 4) is 0 Å². The van der Waals surface area contributed by atoms with E-state index in [0.717, 1.165) is 12.2 Å². The Kier molecular flexibility index (Phi) is 3.10. The molecule has 2 rings (SSSR count). The van der Waals surface area contributed by atoms with Crippen LogP contribution >= 0.6 is 0 Å². The van der Waals surface area contributed by atoms with Crippen LogP contribution in [0.4, 0.5) is 5.69 Å². The number of nitrogens with zero attached hydrogens (tertiary/aromatic N) is 1. The van der Waals surface area contributed by atoms with Gasteiger partial charge in [0.1, 0.15) is 0 Å². The Morgan fingerprint density at radius 2 is 2.38 bits per heavy atom. The van der Waals surface area contributed by atoms with Crippen molar-refractivity contribution in [3.63, 3.8) is 0 Å². The Morgan fingerprint density at radius 1 is 1.56 bits per heavy atom. The van der Waals surface area contributed by atoms with E-state index in [2.05, 4.69) is 16.3 Å². The third-order valence-electron chi connectivity index (χ3n) is 2.79. The van der Waals surface area contributed by atoms with Crippen LogP contribution < -0.4 is 16.0 Å². The largest absolute Gasteiger partial charge is 0.360 e. The second-order valence-electron chi connectivity index (χ2n) is 4.22. The third-order valence-corrected chi connectivity index (χ3v) is 2.79. The number of nitrogens with two attached hydrogens (primary N) is 1. The van der Waals surface area contributed by atoms with Gasteiger partial charge in [0.05, 0.1) is 12.6 Å². The lowest BCUT2D eigenvalue weighted by molar-refractivity contribution is -0.121. The maximum atomic E-state index is 11.5. The number of nitrogens with one attached hydrogen (secondary N) is 1. The summed E-state index contributed by atoms with van der Waals surface area (Å²) < 4.78 is 0. The number of amides is 1. The van der Waals surface area contributed by atoms with E-state index in [1.165, 1.54) is 5.56 Å². The summed E-state index contributed by atoms with van der Waals surface area (Å²) in [6.45, 7) is 3.73. The Balaban J connectivity index is 2.17. The first-order valence-electron chi connectivity index (χ1n) is 5.50. The van der Waals surface area contributed by atoms with Crippen molar-refractivity contribution in [2.24, 2.45) is 5.73 Å². The van der Waals surface area contributed by atoms with Gasteiger partial charge in [0.25, 0.3) is 0 Å². The van der Waals surface area contributed by atoms with E-state index in [4.69, 9.17) is 5.73 Å². The van der Waals surface area contributed by atoms with Crippen LogP contribution in [0.5, 0.6) is 0 Å². The minimum Gasteiger partial charge on any atom is -0.360 e. The number of hydrogen-bond donors (Lipinski definition) is 2. The molecule has 1 amide bonds. The number of carbonyl (C=O) groups is 1. The number of hydrogen-bond acceptors (Lipinski definition) is 3. The van der Waals surface area contributed by atoms with E-state index < -0.39 is 0 Å². The van der Waals surface area contributed by atoms with E-state index in [1.54, 1.807) is 0 Å². The predicted octanol–water partition coefficient (Wildman–Crippen LogP) is 0.259. The van der Waals surface area contributed by atoms with Crippen molar-refractivity contribution in [1.82, 2.24) is 5.32 Å². The van der Waals surface area contributed by atoms with Crippen molar-refractivity contribution in [2.45, 2.75) is 13.0 Å². The number of rotatable bonds is 2. The van der Waals surface area contributed by atoms with Gasteiger partial charge in [-0.1, -0.05) is 12.1 Å². The Labute approximate surface area is 95.4 Å². The minimum atomic E-state index is 0.0446. The molecule has 4 nitrogen and oxygen atoms in total. The lowest BCUT2D eigenvalue weighted by Gasteiger charge is -2.34. The summed E-state index contributed by atoms with van der Waals surface area (Å²) >= 11 is 0. The third kappa shape index (κ3) is 2.33. The Bertz CT molecular complexity index is 392. The molecule has 1 atom stereocenters. The van der Waals surface area contributed by atoms with Crippen molar-refractivity contribution in [3.05, 3.63) is 29.8 Å². The quantitative estimate of drug-likeness (QED) is 0.750. The second kappa shape index (κ2) is 4.53. The molecule has 0 radical (unpaired) electrons. The topological polar surface area (TPSA) is 58.4 Å². The first kappa shape index (κ1) is 11.0.